The molecule has 27 heavy (non-hydrogen) atoms. The van der Waals surface area contributed by atoms with Gasteiger partial charge in [0, 0.05) is 23.3 Å². The fourth-order valence-electron chi connectivity index (χ4n) is 2.78. The quantitative estimate of drug-likeness (QED) is 0.572. The molecule has 1 atom stereocenters. The van der Waals surface area contributed by atoms with Crippen LogP contribution in [0, 0.1) is 11.7 Å². The van der Waals surface area contributed by atoms with Crippen molar-refractivity contribution < 1.29 is 8.91 Å². The molecule has 7 nitrogen and oxygen atoms in total. The highest BCUT2D eigenvalue weighted by Crippen LogP contribution is 2.29. The number of anilines is 1. The second-order valence-electron chi connectivity index (χ2n) is 6.44. The Labute approximate surface area is 154 Å². The second-order valence-corrected chi connectivity index (χ2v) is 6.44. The summed E-state index contributed by atoms with van der Waals surface area (Å²) in [7, 11) is 0. The van der Waals surface area contributed by atoms with Crippen LogP contribution in [0.1, 0.15) is 25.8 Å². The molecule has 1 unspecified atom stereocenters. The average molecular weight is 364 g/mol. The third-order valence-electron chi connectivity index (χ3n) is 4.20. The van der Waals surface area contributed by atoms with Gasteiger partial charge in [0.2, 0.25) is 11.7 Å². The zero-order valence-corrected chi connectivity index (χ0v) is 14.8. The molecular weight excluding hydrogens is 347 g/mol. The van der Waals surface area contributed by atoms with Gasteiger partial charge in [0.1, 0.15) is 24.0 Å². The highest BCUT2D eigenvalue weighted by molar-refractivity contribution is 5.88. The zero-order valence-electron chi connectivity index (χ0n) is 14.8. The highest BCUT2D eigenvalue weighted by Gasteiger charge is 2.24. The van der Waals surface area contributed by atoms with Crippen molar-refractivity contribution in [1.29, 1.82) is 0 Å². The summed E-state index contributed by atoms with van der Waals surface area (Å²) < 4.78 is 19.2. The van der Waals surface area contributed by atoms with E-state index in [0.717, 1.165) is 5.56 Å². The third kappa shape index (κ3) is 3.46. The SMILES string of the molecule is CC(C)C(Nc1ncnc2ccc(F)cc12)c1nc(-c2ccncc2)no1. The first kappa shape index (κ1) is 17.0. The zero-order chi connectivity index (χ0) is 18.8. The number of rotatable bonds is 5. The van der Waals surface area contributed by atoms with Crippen molar-refractivity contribution in [2.45, 2.75) is 19.9 Å². The van der Waals surface area contributed by atoms with Crippen LogP contribution < -0.4 is 5.32 Å². The Hall–Kier alpha value is -3.42. The first-order chi connectivity index (χ1) is 13.1. The molecule has 0 aliphatic heterocycles. The molecule has 0 aliphatic carbocycles. The van der Waals surface area contributed by atoms with E-state index >= 15 is 0 Å². The van der Waals surface area contributed by atoms with Gasteiger partial charge in [-0.05, 0) is 36.2 Å². The summed E-state index contributed by atoms with van der Waals surface area (Å²) in [6, 6.07) is 7.73. The van der Waals surface area contributed by atoms with E-state index in [9.17, 15) is 4.39 Å². The number of fused-ring (bicyclic) bond motifs is 1. The number of benzene rings is 1. The number of hydrogen-bond acceptors (Lipinski definition) is 7. The number of nitrogens with one attached hydrogen (secondary N) is 1. The predicted octanol–water partition coefficient (Wildman–Crippen LogP) is 4.02. The van der Waals surface area contributed by atoms with Crippen LogP contribution in [-0.4, -0.2) is 25.1 Å². The molecule has 3 aromatic heterocycles. The van der Waals surface area contributed by atoms with Gasteiger partial charge in [-0.3, -0.25) is 4.98 Å². The van der Waals surface area contributed by atoms with Crippen LogP contribution in [0.2, 0.25) is 0 Å². The fourth-order valence-corrected chi connectivity index (χ4v) is 2.78. The third-order valence-corrected chi connectivity index (χ3v) is 4.20. The Kier molecular flexibility index (Phi) is 4.45. The van der Waals surface area contributed by atoms with E-state index in [1.807, 2.05) is 26.0 Å². The van der Waals surface area contributed by atoms with Crippen molar-refractivity contribution in [2.75, 3.05) is 5.32 Å². The van der Waals surface area contributed by atoms with Crippen molar-refractivity contribution in [1.82, 2.24) is 25.1 Å². The molecule has 0 amide bonds. The van der Waals surface area contributed by atoms with Gasteiger partial charge in [0.15, 0.2) is 0 Å². The Morgan fingerprint density at radius 1 is 1.07 bits per heavy atom. The Morgan fingerprint density at radius 3 is 2.67 bits per heavy atom. The topological polar surface area (TPSA) is 89.6 Å². The van der Waals surface area contributed by atoms with Crippen molar-refractivity contribution in [3.8, 4) is 11.4 Å². The van der Waals surface area contributed by atoms with Crippen LogP contribution in [0.3, 0.4) is 0 Å². The van der Waals surface area contributed by atoms with Gasteiger partial charge >= 0.3 is 0 Å². The largest absolute Gasteiger partial charge is 0.358 e. The molecule has 3 heterocycles. The number of aromatic nitrogens is 5. The summed E-state index contributed by atoms with van der Waals surface area (Å²) >= 11 is 0. The van der Waals surface area contributed by atoms with Gasteiger partial charge < -0.3 is 9.84 Å². The molecule has 1 N–H and O–H groups in total. The summed E-state index contributed by atoms with van der Waals surface area (Å²) in [6.45, 7) is 4.05. The lowest BCUT2D eigenvalue weighted by Crippen LogP contribution is -2.18. The average Bonchev–Trinajstić information content (AvgIpc) is 3.16. The molecule has 8 heteroatoms. The van der Waals surface area contributed by atoms with Gasteiger partial charge in [0.05, 0.1) is 5.52 Å². The molecule has 4 rings (SSSR count). The lowest BCUT2D eigenvalue weighted by molar-refractivity contribution is 0.336. The molecule has 0 aliphatic rings. The van der Waals surface area contributed by atoms with Crippen LogP contribution in [0.5, 0.6) is 0 Å². The monoisotopic (exact) mass is 364 g/mol. The van der Waals surface area contributed by atoms with E-state index in [0.29, 0.717) is 28.4 Å². The maximum atomic E-state index is 13.7. The molecule has 1 aromatic carbocycles. The van der Waals surface area contributed by atoms with Crippen LogP contribution >= 0.6 is 0 Å². The van der Waals surface area contributed by atoms with Crippen LogP contribution in [-0.2, 0) is 0 Å². The minimum absolute atomic E-state index is 0.120. The maximum absolute atomic E-state index is 13.7. The van der Waals surface area contributed by atoms with Crippen molar-refractivity contribution in [3.05, 3.63) is 60.8 Å². The van der Waals surface area contributed by atoms with Crippen molar-refractivity contribution in [2.24, 2.45) is 5.92 Å². The summed E-state index contributed by atoms with van der Waals surface area (Å²) in [5.41, 5.74) is 1.47. The van der Waals surface area contributed by atoms with E-state index in [2.05, 4.69) is 30.4 Å². The fraction of sp³-hybridized carbons (Fsp3) is 0.211. The summed E-state index contributed by atoms with van der Waals surface area (Å²) in [5, 5.41) is 7.96. The molecule has 0 spiro atoms. The van der Waals surface area contributed by atoms with Gasteiger partial charge in [-0.15, -0.1) is 0 Å². The van der Waals surface area contributed by atoms with Gasteiger partial charge in [0.25, 0.3) is 0 Å². The van der Waals surface area contributed by atoms with E-state index < -0.39 is 0 Å². The van der Waals surface area contributed by atoms with Crippen LogP contribution in [0.4, 0.5) is 10.2 Å². The van der Waals surface area contributed by atoms with E-state index in [4.69, 9.17) is 4.52 Å². The Bertz CT molecular complexity index is 1070. The van der Waals surface area contributed by atoms with Gasteiger partial charge in [-0.2, -0.15) is 4.98 Å². The molecular formula is C19H17FN6O. The standard InChI is InChI=1S/C19H17FN6O/c1-11(2)16(19-25-17(26-27-19)12-5-7-21-8-6-12)24-18-14-9-13(20)3-4-15(14)22-10-23-18/h3-11,16H,1-2H3,(H,22,23,24). The van der Waals surface area contributed by atoms with Crippen molar-refractivity contribution >= 4 is 16.7 Å². The molecule has 0 bridgehead atoms. The number of halogens is 1. The van der Waals surface area contributed by atoms with E-state index in [-0.39, 0.29) is 17.8 Å². The minimum atomic E-state index is -0.348. The molecule has 0 saturated heterocycles. The van der Waals surface area contributed by atoms with Crippen molar-refractivity contribution in [3.63, 3.8) is 0 Å². The van der Waals surface area contributed by atoms with E-state index in [1.54, 1.807) is 18.5 Å². The smallest absolute Gasteiger partial charge is 0.249 e. The number of pyridine rings is 1. The molecule has 0 saturated carbocycles. The predicted molar refractivity (Wildman–Crippen MR) is 98.2 cm³/mol. The number of nitrogens with zero attached hydrogens (tertiary/aromatic N) is 5. The lowest BCUT2D eigenvalue weighted by Gasteiger charge is -2.19. The molecule has 136 valence electrons. The summed E-state index contributed by atoms with van der Waals surface area (Å²) in [6.07, 6.45) is 4.78. The summed E-state index contributed by atoms with van der Waals surface area (Å²) in [5.74, 6) is 1.20. The van der Waals surface area contributed by atoms with Gasteiger partial charge in [-0.1, -0.05) is 19.0 Å². The first-order valence-electron chi connectivity index (χ1n) is 8.52. The summed E-state index contributed by atoms with van der Waals surface area (Å²) in [4.78, 5) is 17.0. The number of hydrogen-bond donors (Lipinski definition) is 1. The second kappa shape index (κ2) is 7.06. The van der Waals surface area contributed by atoms with Crippen LogP contribution in [0.15, 0.2) is 53.6 Å². The molecule has 0 fully saturated rings. The lowest BCUT2D eigenvalue weighted by atomic mass is 10.0. The first-order valence-corrected chi connectivity index (χ1v) is 8.52. The van der Waals surface area contributed by atoms with E-state index in [1.165, 1.54) is 18.5 Å². The normalized spacial score (nSPS) is 12.4. The Morgan fingerprint density at radius 2 is 1.89 bits per heavy atom. The van der Waals surface area contributed by atoms with Gasteiger partial charge in [-0.25, -0.2) is 14.4 Å². The molecule has 4 aromatic rings. The maximum Gasteiger partial charge on any atom is 0.249 e. The molecule has 0 radical (unpaired) electrons. The minimum Gasteiger partial charge on any atom is -0.358 e. The highest BCUT2D eigenvalue weighted by atomic mass is 19.1. The Balaban J connectivity index is 1.69. The van der Waals surface area contributed by atoms with Crippen LogP contribution in [0.25, 0.3) is 22.3 Å².